The van der Waals surface area contributed by atoms with E-state index in [0.717, 1.165) is 36.2 Å². The van der Waals surface area contributed by atoms with Crippen LogP contribution in [0.5, 0.6) is 0 Å². The van der Waals surface area contributed by atoms with Crippen molar-refractivity contribution in [1.29, 1.82) is 0 Å². The summed E-state index contributed by atoms with van der Waals surface area (Å²) in [7, 11) is 2.07. The van der Waals surface area contributed by atoms with E-state index in [-0.39, 0.29) is 11.8 Å². The number of carbonyl (C=O) groups excluding carboxylic acids is 2. The van der Waals surface area contributed by atoms with Crippen molar-refractivity contribution in [1.82, 2.24) is 14.7 Å². The molecule has 0 radical (unpaired) electrons. The lowest BCUT2D eigenvalue weighted by molar-refractivity contribution is -0.133. The standard InChI is InChI=1S/C19H22BrN3O2S2/c1-21-8-10-22(11-9-21)17(24)6-3-7-23-18(25)16(27-19(23)26)13-14-4-2-5-15(20)12-14/h2,4-5,12-13H,3,6-11H2,1H3. The highest BCUT2D eigenvalue weighted by atomic mass is 79.9. The summed E-state index contributed by atoms with van der Waals surface area (Å²) in [6, 6.07) is 7.79. The molecule has 2 heterocycles. The Balaban J connectivity index is 1.52. The van der Waals surface area contributed by atoms with Crippen molar-refractivity contribution < 1.29 is 9.59 Å². The van der Waals surface area contributed by atoms with Crippen LogP contribution in [-0.2, 0) is 9.59 Å². The molecular formula is C19H22BrN3O2S2. The van der Waals surface area contributed by atoms with Gasteiger partial charge < -0.3 is 9.80 Å². The zero-order valence-electron chi connectivity index (χ0n) is 15.2. The Kier molecular flexibility index (Phi) is 7.08. The van der Waals surface area contributed by atoms with Crippen molar-refractivity contribution in [2.75, 3.05) is 39.8 Å². The fraction of sp³-hybridized carbons (Fsp3) is 0.421. The molecule has 5 nitrogen and oxygen atoms in total. The van der Waals surface area contributed by atoms with E-state index >= 15 is 0 Å². The molecule has 0 aromatic heterocycles. The number of rotatable bonds is 5. The van der Waals surface area contributed by atoms with Crippen molar-refractivity contribution in [3.63, 3.8) is 0 Å². The van der Waals surface area contributed by atoms with Gasteiger partial charge in [0.25, 0.3) is 5.91 Å². The van der Waals surface area contributed by atoms with Gasteiger partial charge in [0.15, 0.2) is 0 Å². The van der Waals surface area contributed by atoms with Gasteiger partial charge in [-0.15, -0.1) is 0 Å². The maximum Gasteiger partial charge on any atom is 0.266 e. The highest BCUT2D eigenvalue weighted by molar-refractivity contribution is 9.10. The van der Waals surface area contributed by atoms with Gasteiger partial charge in [-0.3, -0.25) is 14.5 Å². The Hall–Kier alpha value is -1.22. The average molecular weight is 468 g/mol. The SMILES string of the molecule is CN1CCN(C(=O)CCCN2C(=O)C(=Cc3cccc(Br)c3)SC2=S)CC1. The summed E-state index contributed by atoms with van der Waals surface area (Å²) in [4.78, 5) is 31.4. The predicted molar refractivity (Wildman–Crippen MR) is 117 cm³/mol. The number of hydrogen-bond acceptors (Lipinski definition) is 5. The van der Waals surface area contributed by atoms with Gasteiger partial charge in [0.1, 0.15) is 4.32 Å². The Morgan fingerprint density at radius 2 is 2.04 bits per heavy atom. The van der Waals surface area contributed by atoms with Gasteiger partial charge in [-0.1, -0.05) is 52.0 Å². The number of piperazine rings is 1. The molecular weight excluding hydrogens is 446 g/mol. The van der Waals surface area contributed by atoms with Crippen LogP contribution in [0.4, 0.5) is 0 Å². The van der Waals surface area contributed by atoms with E-state index in [1.807, 2.05) is 35.2 Å². The van der Waals surface area contributed by atoms with Gasteiger partial charge >= 0.3 is 0 Å². The third-order valence-electron chi connectivity index (χ3n) is 4.65. The van der Waals surface area contributed by atoms with E-state index in [2.05, 4.69) is 27.9 Å². The summed E-state index contributed by atoms with van der Waals surface area (Å²) in [5.41, 5.74) is 0.954. The third-order valence-corrected chi connectivity index (χ3v) is 6.52. The molecule has 1 aromatic carbocycles. The van der Waals surface area contributed by atoms with Crippen LogP contribution >= 0.6 is 39.9 Å². The molecule has 8 heteroatoms. The summed E-state index contributed by atoms with van der Waals surface area (Å²) in [6.07, 6.45) is 2.94. The van der Waals surface area contributed by atoms with Gasteiger partial charge in [-0.2, -0.15) is 0 Å². The number of halogens is 1. The Morgan fingerprint density at radius 1 is 1.30 bits per heavy atom. The number of hydrogen-bond donors (Lipinski definition) is 0. The molecule has 0 aliphatic carbocycles. The van der Waals surface area contributed by atoms with Gasteiger partial charge in [0, 0.05) is 43.6 Å². The van der Waals surface area contributed by atoms with Gasteiger partial charge in [-0.25, -0.2) is 0 Å². The van der Waals surface area contributed by atoms with Crippen LogP contribution in [0.15, 0.2) is 33.6 Å². The monoisotopic (exact) mass is 467 g/mol. The highest BCUT2D eigenvalue weighted by Gasteiger charge is 2.31. The largest absolute Gasteiger partial charge is 0.340 e. The zero-order chi connectivity index (χ0) is 19.4. The molecule has 0 saturated carbocycles. The molecule has 2 aliphatic rings. The molecule has 1 aromatic rings. The van der Waals surface area contributed by atoms with Crippen molar-refractivity contribution in [2.45, 2.75) is 12.8 Å². The van der Waals surface area contributed by atoms with Crippen LogP contribution < -0.4 is 0 Å². The number of amides is 2. The first-order valence-corrected chi connectivity index (χ1v) is 10.9. The molecule has 0 atom stereocenters. The maximum atomic E-state index is 12.7. The predicted octanol–water partition coefficient (Wildman–Crippen LogP) is 3.20. The first kappa shape index (κ1) is 20.5. The van der Waals surface area contributed by atoms with Crippen molar-refractivity contribution in [2.24, 2.45) is 0 Å². The van der Waals surface area contributed by atoms with E-state index in [1.165, 1.54) is 11.8 Å². The number of thiocarbonyl (C=S) groups is 1. The zero-order valence-corrected chi connectivity index (χ0v) is 18.4. The molecule has 2 aliphatic heterocycles. The van der Waals surface area contributed by atoms with Gasteiger partial charge in [-0.05, 0) is 37.2 Å². The third kappa shape index (κ3) is 5.40. The smallest absolute Gasteiger partial charge is 0.266 e. The van der Waals surface area contributed by atoms with Crippen molar-refractivity contribution >= 4 is 62.1 Å². The number of likely N-dealkylation sites (N-methyl/N-ethyl adjacent to an activating group) is 1. The second kappa shape index (κ2) is 9.32. The Bertz CT molecular complexity index is 776. The van der Waals surface area contributed by atoms with Crippen molar-refractivity contribution in [3.8, 4) is 0 Å². The second-order valence-electron chi connectivity index (χ2n) is 6.68. The first-order valence-electron chi connectivity index (χ1n) is 8.91. The number of nitrogens with zero attached hydrogens (tertiary/aromatic N) is 3. The summed E-state index contributed by atoms with van der Waals surface area (Å²) >= 11 is 10.1. The van der Waals surface area contributed by atoms with Crippen LogP contribution in [0.25, 0.3) is 6.08 Å². The molecule has 0 bridgehead atoms. The van der Waals surface area contributed by atoms with E-state index < -0.39 is 0 Å². The van der Waals surface area contributed by atoms with E-state index in [9.17, 15) is 9.59 Å². The first-order chi connectivity index (χ1) is 12.9. The molecule has 2 saturated heterocycles. The van der Waals surface area contributed by atoms with Gasteiger partial charge in [0.05, 0.1) is 4.91 Å². The number of benzene rings is 1. The van der Waals surface area contributed by atoms with Crippen LogP contribution in [-0.4, -0.2) is 70.6 Å². The highest BCUT2D eigenvalue weighted by Crippen LogP contribution is 2.33. The number of carbonyl (C=O) groups is 2. The maximum absolute atomic E-state index is 12.7. The fourth-order valence-corrected chi connectivity index (χ4v) is 4.77. The minimum atomic E-state index is -0.0722. The summed E-state index contributed by atoms with van der Waals surface area (Å²) < 4.78 is 1.53. The van der Waals surface area contributed by atoms with E-state index in [4.69, 9.17) is 12.2 Å². The summed E-state index contributed by atoms with van der Waals surface area (Å²) in [6.45, 7) is 3.89. The Morgan fingerprint density at radius 3 is 2.74 bits per heavy atom. The quantitative estimate of drug-likeness (QED) is 0.491. The minimum Gasteiger partial charge on any atom is -0.340 e. The minimum absolute atomic E-state index is 0.0722. The molecule has 2 fully saturated rings. The van der Waals surface area contributed by atoms with Crippen LogP contribution in [0.1, 0.15) is 18.4 Å². The molecule has 0 unspecified atom stereocenters. The van der Waals surface area contributed by atoms with E-state index in [0.29, 0.717) is 28.6 Å². The van der Waals surface area contributed by atoms with Gasteiger partial charge in [0.2, 0.25) is 5.91 Å². The van der Waals surface area contributed by atoms with Crippen LogP contribution in [0, 0.1) is 0 Å². The molecule has 3 rings (SSSR count). The topological polar surface area (TPSA) is 43.9 Å². The molecule has 2 amide bonds. The Labute approximate surface area is 177 Å². The second-order valence-corrected chi connectivity index (χ2v) is 9.27. The molecule has 0 N–H and O–H groups in total. The molecule has 27 heavy (non-hydrogen) atoms. The van der Waals surface area contributed by atoms with Crippen molar-refractivity contribution in [3.05, 3.63) is 39.2 Å². The van der Waals surface area contributed by atoms with Crippen LogP contribution in [0.3, 0.4) is 0 Å². The summed E-state index contributed by atoms with van der Waals surface area (Å²) in [5.74, 6) is 0.0928. The van der Waals surface area contributed by atoms with E-state index in [1.54, 1.807) is 4.90 Å². The lowest BCUT2D eigenvalue weighted by atomic mass is 10.2. The lowest BCUT2D eigenvalue weighted by Crippen LogP contribution is -2.47. The van der Waals surface area contributed by atoms with Crippen LogP contribution in [0.2, 0.25) is 0 Å². The number of thioether (sulfide) groups is 1. The normalized spacial score (nSPS) is 20.0. The molecule has 144 valence electrons. The fourth-order valence-electron chi connectivity index (χ4n) is 3.04. The average Bonchev–Trinajstić information content (AvgIpc) is 2.89. The lowest BCUT2D eigenvalue weighted by Gasteiger charge is -2.32. The summed E-state index contributed by atoms with van der Waals surface area (Å²) in [5, 5.41) is 0. The molecule has 0 spiro atoms.